The van der Waals surface area contributed by atoms with Crippen molar-refractivity contribution in [2.24, 2.45) is 33.7 Å². The number of carbonyl (C=O) groups excluding carboxylic acids is 1. The van der Waals surface area contributed by atoms with Crippen molar-refractivity contribution in [1.82, 2.24) is 5.32 Å². The topological polar surface area (TPSA) is 108 Å². The molecule has 34 heavy (non-hydrogen) atoms. The smallest absolute Gasteiger partial charge is 0.326 e. The number of allylic oxidation sites excluding steroid dienone is 2. The van der Waals surface area contributed by atoms with E-state index in [0.717, 1.165) is 44.2 Å². The SMILES string of the molecule is CSCC[C@H](NC(=O)CON=C1C=C2CC[C@@H]3[C@@H]4CC[C@H](O)[C@@]4(C)CC[C@@H]3[C@@]2(C)CC1)C(=O)O. The number of hydrogen-bond donors (Lipinski definition) is 3. The highest BCUT2D eigenvalue weighted by Crippen LogP contribution is 2.65. The van der Waals surface area contributed by atoms with Crippen molar-refractivity contribution in [2.75, 3.05) is 18.6 Å². The molecule has 3 fully saturated rings. The van der Waals surface area contributed by atoms with Gasteiger partial charge in [-0.3, -0.25) is 4.79 Å². The fourth-order valence-electron chi connectivity index (χ4n) is 7.52. The number of aliphatic hydroxyl groups excluding tert-OH is 1. The summed E-state index contributed by atoms with van der Waals surface area (Å²) in [7, 11) is 0. The van der Waals surface area contributed by atoms with Gasteiger partial charge in [0.1, 0.15) is 6.04 Å². The van der Waals surface area contributed by atoms with Crippen molar-refractivity contribution in [3.8, 4) is 0 Å². The largest absolute Gasteiger partial charge is 0.480 e. The monoisotopic (exact) mass is 492 g/mol. The Kier molecular flexibility index (Phi) is 7.67. The summed E-state index contributed by atoms with van der Waals surface area (Å²) < 4.78 is 0. The molecule has 0 saturated heterocycles. The lowest BCUT2D eigenvalue weighted by Gasteiger charge is -2.57. The van der Waals surface area contributed by atoms with E-state index in [2.05, 4.69) is 30.4 Å². The maximum atomic E-state index is 12.1. The van der Waals surface area contributed by atoms with Gasteiger partial charge in [0.05, 0.1) is 11.8 Å². The van der Waals surface area contributed by atoms with Gasteiger partial charge in [0.25, 0.3) is 5.91 Å². The fourth-order valence-corrected chi connectivity index (χ4v) is 7.99. The molecule has 0 aromatic rings. The Morgan fingerprint density at radius 2 is 2.00 bits per heavy atom. The number of amides is 1. The van der Waals surface area contributed by atoms with E-state index in [1.165, 1.54) is 18.4 Å². The molecule has 190 valence electrons. The van der Waals surface area contributed by atoms with Crippen LogP contribution < -0.4 is 5.32 Å². The second-order valence-electron chi connectivity index (χ2n) is 11.2. The van der Waals surface area contributed by atoms with Crippen molar-refractivity contribution in [2.45, 2.75) is 83.8 Å². The third kappa shape index (κ3) is 4.77. The summed E-state index contributed by atoms with van der Waals surface area (Å²) in [6.07, 6.45) is 12.9. The van der Waals surface area contributed by atoms with E-state index in [9.17, 15) is 19.8 Å². The van der Waals surface area contributed by atoms with E-state index >= 15 is 0 Å². The fraction of sp³-hybridized carbons (Fsp3) is 0.808. The molecular weight excluding hydrogens is 452 g/mol. The van der Waals surface area contributed by atoms with Crippen molar-refractivity contribution >= 4 is 29.4 Å². The Bertz CT molecular complexity index is 860. The molecule has 8 heteroatoms. The van der Waals surface area contributed by atoms with Gasteiger partial charge in [0, 0.05) is 0 Å². The summed E-state index contributed by atoms with van der Waals surface area (Å²) in [5.41, 5.74) is 2.61. The number of nitrogens with one attached hydrogen (secondary N) is 1. The Morgan fingerprint density at radius 3 is 2.74 bits per heavy atom. The molecule has 0 heterocycles. The first-order valence-corrected chi connectivity index (χ1v) is 14.2. The second kappa shape index (κ2) is 10.2. The highest BCUT2D eigenvalue weighted by atomic mass is 32.2. The Balaban J connectivity index is 1.36. The van der Waals surface area contributed by atoms with Gasteiger partial charge in [0.2, 0.25) is 0 Å². The van der Waals surface area contributed by atoms with Crippen LogP contribution in [-0.4, -0.2) is 58.6 Å². The minimum absolute atomic E-state index is 0.101. The third-order valence-corrected chi connectivity index (χ3v) is 10.2. The molecule has 4 aliphatic rings. The first-order valence-electron chi connectivity index (χ1n) is 12.8. The van der Waals surface area contributed by atoms with E-state index < -0.39 is 17.9 Å². The number of rotatable bonds is 8. The van der Waals surface area contributed by atoms with Gasteiger partial charge in [-0.15, -0.1) is 0 Å². The number of aliphatic carboxylic acids is 1. The van der Waals surface area contributed by atoms with Crippen LogP contribution in [0.25, 0.3) is 0 Å². The molecule has 1 amide bonds. The average molecular weight is 493 g/mol. The lowest BCUT2D eigenvalue weighted by molar-refractivity contribution is -0.142. The zero-order valence-electron chi connectivity index (χ0n) is 20.7. The van der Waals surface area contributed by atoms with Gasteiger partial charge < -0.3 is 20.4 Å². The minimum atomic E-state index is -1.03. The molecule has 4 aliphatic carbocycles. The molecule has 0 aromatic heterocycles. The Hall–Kier alpha value is -1.54. The van der Waals surface area contributed by atoms with E-state index in [0.29, 0.717) is 29.9 Å². The number of hydrogen-bond acceptors (Lipinski definition) is 6. The number of thioether (sulfide) groups is 1. The zero-order chi connectivity index (χ0) is 24.5. The normalized spacial score (nSPS) is 38.8. The Labute approximate surface area is 207 Å². The zero-order valence-corrected chi connectivity index (χ0v) is 21.5. The van der Waals surface area contributed by atoms with Crippen LogP contribution in [0.1, 0.15) is 71.6 Å². The number of carbonyl (C=O) groups is 2. The third-order valence-electron chi connectivity index (χ3n) is 9.55. The summed E-state index contributed by atoms with van der Waals surface area (Å²) >= 11 is 1.55. The molecule has 0 radical (unpaired) electrons. The predicted octanol–water partition coefficient (Wildman–Crippen LogP) is 4.01. The van der Waals surface area contributed by atoms with Crippen LogP contribution in [0.4, 0.5) is 0 Å². The van der Waals surface area contributed by atoms with E-state index in [4.69, 9.17) is 4.84 Å². The molecule has 0 bridgehead atoms. The van der Waals surface area contributed by atoms with Gasteiger partial charge in [-0.2, -0.15) is 11.8 Å². The molecule has 0 aromatic carbocycles. The number of fused-ring (bicyclic) bond motifs is 5. The Morgan fingerprint density at radius 1 is 1.21 bits per heavy atom. The lowest BCUT2D eigenvalue weighted by Crippen LogP contribution is -2.51. The van der Waals surface area contributed by atoms with Crippen LogP contribution in [0, 0.1) is 28.6 Å². The summed E-state index contributed by atoms with van der Waals surface area (Å²) in [6, 6.07) is -0.901. The molecule has 0 aliphatic heterocycles. The standard InChI is InChI=1S/C26H40N2O5S/c1-25-11-8-17(28-33-15-23(30)27-21(24(31)32)10-13-34-3)14-16(25)4-5-18-19-6-7-22(29)26(19,2)12-9-20(18)25/h14,18-22,29H,4-13,15H2,1-3H3,(H,27,30)(H,31,32)/t18-,19+,20+,21+,22+,25+,26+/m1/s1. The van der Waals surface area contributed by atoms with Crippen molar-refractivity contribution < 1.29 is 24.6 Å². The summed E-state index contributed by atoms with van der Waals surface area (Å²) in [4.78, 5) is 28.8. The van der Waals surface area contributed by atoms with Crippen molar-refractivity contribution in [1.29, 1.82) is 0 Å². The van der Waals surface area contributed by atoms with Gasteiger partial charge in [-0.25, -0.2) is 4.79 Å². The molecule has 0 unspecified atom stereocenters. The highest BCUT2D eigenvalue weighted by molar-refractivity contribution is 7.98. The van der Waals surface area contributed by atoms with Gasteiger partial charge >= 0.3 is 5.97 Å². The minimum Gasteiger partial charge on any atom is -0.480 e. The summed E-state index contributed by atoms with van der Waals surface area (Å²) in [6.45, 7) is 4.47. The van der Waals surface area contributed by atoms with Gasteiger partial charge in [-0.05, 0) is 104 Å². The molecule has 7 atom stereocenters. The van der Waals surface area contributed by atoms with E-state index in [-0.39, 0.29) is 23.5 Å². The van der Waals surface area contributed by atoms with Crippen LogP contribution in [0.5, 0.6) is 0 Å². The number of carboxylic acids is 1. The first-order chi connectivity index (χ1) is 16.2. The first kappa shape index (κ1) is 25.5. The lowest BCUT2D eigenvalue weighted by atomic mass is 9.47. The van der Waals surface area contributed by atoms with Crippen LogP contribution in [-0.2, 0) is 14.4 Å². The maximum Gasteiger partial charge on any atom is 0.326 e. The van der Waals surface area contributed by atoms with E-state index in [1.54, 1.807) is 11.8 Å². The second-order valence-corrected chi connectivity index (χ2v) is 12.2. The van der Waals surface area contributed by atoms with Crippen LogP contribution in [0.15, 0.2) is 16.8 Å². The van der Waals surface area contributed by atoms with Crippen LogP contribution in [0.3, 0.4) is 0 Å². The van der Waals surface area contributed by atoms with E-state index in [1.807, 2.05) is 6.26 Å². The quantitative estimate of drug-likeness (QED) is 0.442. The van der Waals surface area contributed by atoms with Crippen LogP contribution in [0.2, 0.25) is 0 Å². The van der Waals surface area contributed by atoms with Crippen molar-refractivity contribution in [3.05, 3.63) is 11.6 Å². The molecule has 3 saturated carbocycles. The van der Waals surface area contributed by atoms with Crippen molar-refractivity contribution in [3.63, 3.8) is 0 Å². The summed E-state index contributed by atoms with van der Waals surface area (Å²) in [5, 5.41) is 26.6. The van der Waals surface area contributed by atoms with Gasteiger partial charge in [-0.1, -0.05) is 24.6 Å². The molecule has 4 rings (SSSR count). The number of carboxylic acid groups (broad SMARTS) is 1. The summed E-state index contributed by atoms with van der Waals surface area (Å²) in [5.74, 6) is 1.17. The highest BCUT2D eigenvalue weighted by Gasteiger charge is 2.58. The number of aliphatic hydroxyl groups is 1. The number of nitrogens with zero attached hydrogens (tertiary/aromatic N) is 1. The predicted molar refractivity (Wildman–Crippen MR) is 134 cm³/mol. The van der Waals surface area contributed by atoms with Gasteiger partial charge in [0.15, 0.2) is 6.61 Å². The molecular formula is C26H40N2O5S. The molecule has 0 spiro atoms. The molecule has 7 nitrogen and oxygen atoms in total. The number of oxime groups is 1. The molecule has 3 N–H and O–H groups in total. The van der Waals surface area contributed by atoms with Crippen LogP contribution >= 0.6 is 11.8 Å². The maximum absolute atomic E-state index is 12.1. The average Bonchev–Trinajstić information content (AvgIpc) is 3.11.